The van der Waals surface area contributed by atoms with E-state index in [1.807, 2.05) is 13.8 Å². The van der Waals surface area contributed by atoms with Crippen LogP contribution in [0.2, 0.25) is 0 Å². The number of para-hydroxylation sites is 1. The van der Waals surface area contributed by atoms with Crippen LogP contribution in [0.4, 0.5) is 14.5 Å². The number of benzene rings is 1. The molecule has 1 heterocycles. The predicted octanol–water partition coefficient (Wildman–Crippen LogP) is 2.13. The molecule has 1 aromatic rings. The summed E-state index contributed by atoms with van der Waals surface area (Å²) in [6.45, 7) is 5.67. The van der Waals surface area contributed by atoms with E-state index < -0.39 is 11.6 Å². The second-order valence-corrected chi connectivity index (χ2v) is 6.54. The van der Waals surface area contributed by atoms with Crippen LogP contribution in [0.1, 0.15) is 20.3 Å². The first kappa shape index (κ1) is 18.4. The quantitative estimate of drug-likeness (QED) is 0.637. The highest BCUT2D eigenvalue weighted by Crippen LogP contribution is 2.26. The van der Waals surface area contributed by atoms with Gasteiger partial charge in [-0.3, -0.25) is 4.99 Å². The van der Waals surface area contributed by atoms with Crippen LogP contribution in [-0.4, -0.2) is 51.4 Å². The number of ether oxygens (including phenoxy) is 1. The van der Waals surface area contributed by atoms with Gasteiger partial charge in [-0.05, 0) is 32.4 Å². The molecule has 134 valence electrons. The molecule has 0 aliphatic carbocycles. The molecule has 7 heteroatoms. The Morgan fingerprint density at radius 3 is 2.62 bits per heavy atom. The Kier molecular flexibility index (Phi) is 5.99. The molecule has 0 aromatic heterocycles. The van der Waals surface area contributed by atoms with Gasteiger partial charge in [-0.2, -0.15) is 0 Å². The minimum Gasteiger partial charge on any atom is -0.377 e. The first-order valence-electron chi connectivity index (χ1n) is 8.07. The standard InChI is InChI=1S/C17H26F2N4O/c1-17(2,24-4)11-21-16(20-3)22-12-8-9-23(10-12)15-13(18)6-5-7-14(15)19/h5-7,12H,8-11H2,1-4H3,(H2,20,21,22). The summed E-state index contributed by atoms with van der Waals surface area (Å²) >= 11 is 0. The van der Waals surface area contributed by atoms with Crippen LogP contribution in [0.15, 0.2) is 23.2 Å². The fourth-order valence-corrected chi connectivity index (χ4v) is 2.63. The molecule has 5 nitrogen and oxygen atoms in total. The minimum atomic E-state index is -0.528. The molecule has 1 aromatic carbocycles. The molecule has 1 atom stereocenters. The van der Waals surface area contributed by atoms with Gasteiger partial charge >= 0.3 is 0 Å². The monoisotopic (exact) mass is 340 g/mol. The van der Waals surface area contributed by atoms with Gasteiger partial charge in [0.05, 0.1) is 5.60 Å². The normalized spacial score (nSPS) is 18.8. The van der Waals surface area contributed by atoms with Gasteiger partial charge in [0.2, 0.25) is 0 Å². The van der Waals surface area contributed by atoms with Crippen molar-refractivity contribution in [2.45, 2.75) is 31.9 Å². The van der Waals surface area contributed by atoms with Gasteiger partial charge in [0.25, 0.3) is 0 Å². The van der Waals surface area contributed by atoms with Crippen molar-refractivity contribution in [1.29, 1.82) is 0 Å². The molecule has 1 fully saturated rings. The summed E-state index contributed by atoms with van der Waals surface area (Å²) < 4.78 is 33.2. The first-order chi connectivity index (χ1) is 11.4. The van der Waals surface area contributed by atoms with Crippen LogP contribution < -0.4 is 15.5 Å². The fraction of sp³-hybridized carbons (Fsp3) is 0.588. The third kappa shape index (κ3) is 4.56. The Bertz CT molecular complexity index is 572. The van der Waals surface area contributed by atoms with Crippen molar-refractivity contribution in [3.8, 4) is 0 Å². The highest BCUT2D eigenvalue weighted by Gasteiger charge is 2.27. The van der Waals surface area contributed by atoms with Crippen molar-refractivity contribution in [2.75, 3.05) is 38.7 Å². The molecule has 1 aliphatic rings. The van der Waals surface area contributed by atoms with E-state index in [1.165, 1.54) is 18.2 Å². The van der Waals surface area contributed by atoms with Crippen LogP contribution in [0.3, 0.4) is 0 Å². The number of aliphatic imine (C=N–C) groups is 1. The van der Waals surface area contributed by atoms with E-state index in [2.05, 4.69) is 15.6 Å². The Hall–Kier alpha value is -1.89. The number of hydrogen-bond acceptors (Lipinski definition) is 3. The number of hydrogen-bond donors (Lipinski definition) is 2. The fourth-order valence-electron chi connectivity index (χ4n) is 2.63. The number of nitrogens with zero attached hydrogens (tertiary/aromatic N) is 2. The topological polar surface area (TPSA) is 48.9 Å². The molecular weight excluding hydrogens is 314 g/mol. The Morgan fingerprint density at radius 2 is 2.04 bits per heavy atom. The third-order valence-corrected chi connectivity index (χ3v) is 4.24. The maximum Gasteiger partial charge on any atom is 0.191 e. The summed E-state index contributed by atoms with van der Waals surface area (Å²) in [5.41, 5.74) is -0.263. The van der Waals surface area contributed by atoms with Crippen molar-refractivity contribution in [3.05, 3.63) is 29.8 Å². The maximum atomic E-state index is 13.9. The van der Waals surface area contributed by atoms with Crippen molar-refractivity contribution >= 4 is 11.6 Å². The second-order valence-electron chi connectivity index (χ2n) is 6.54. The smallest absolute Gasteiger partial charge is 0.191 e. The van der Waals surface area contributed by atoms with Crippen molar-refractivity contribution in [1.82, 2.24) is 10.6 Å². The number of methoxy groups -OCH3 is 1. The zero-order valence-electron chi connectivity index (χ0n) is 14.7. The molecule has 0 saturated carbocycles. The number of anilines is 1. The molecule has 0 amide bonds. The second kappa shape index (κ2) is 7.79. The lowest BCUT2D eigenvalue weighted by molar-refractivity contribution is 0.0268. The van der Waals surface area contributed by atoms with Gasteiger partial charge in [0.15, 0.2) is 5.96 Å². The van der Waals surface area contributed by atoms with Gasteiger partial charge in [0, 0.05) is 39.8 Å². The maximum absolute atomic E-state index is 13.9. The summed E-state index contributed by atoms with van der Waals surface area (Å²) in [7, 11) is 3.36. The van der Waals surface area contributed by atoms with Crippen LogP contribution >= 0.6 is 0 Å². The molecule has 1 unspecified atom stereocenters. The van der Waals surface area contributed by atoms with Gasteiger partial charge in [-0.15, -0.1) is 0 Å². The van der Waals surface area contributed by atoms with E-state index >= 15 is 0 Å². The molecule has 2 rings (SSSR count). The SMILES string of the molecule is CN=C(NCC(C)(C)OC)NC1CCN(c2c(F)cccc2F)C1. The molecule has 0 radical (unpaired) electrons. The predicted molar refractivity (Wildman–Crippen MR) is 92.6 cm³/mol. The highest BCUT2D eigenvalue weighted by molar-refractivity contribution is 5.80. The van der Waals surface area contributed by atoms with Gasteiger partial charge in [-0.25, -0.2) is 8.78 Å². The Morgan fingerprint density at radius 1 is 1.38 bits per heavy atom. The minimum absolute atomic E-state index is 0.0465. The van der Waals surface area contributed by atoms with Crippen molar-refractivity contribution in [2.24, 2.45) is 4.99 Å². The number of halogens is 2. The van der Waals surface area contributed by atoms with Crippen LogP contribution in [0, 0.1) is 11.6 Å². The number of guanidine groups is 1. The zero-order valence-corrected chi connectivity index (χ0v) is 14.7. The van der Waals surface area contributed by atoms with Crippen molar-refractivity contribution < 1.29 is 13.5 Å². The van der Waals surface area contributed by atoms with Crippen LogP contribution in [0.25, 0.3) is 0 Å². The molecule has 1 aliphatic heterocycles. The summed E-state index contributed by atoms with van der Waals surface area (Å²) in [6, 6.07) is 4.02. The van der Waals surface area contributed by atoms with E-state index in [-0.39, 0.29) is 17.3 Å². The largest absolute Gasteiger partial charge is 0.377 e. The Labute approximate surface area is 142 Å². The Balaban J connectivity index is 1.93. The van der Waals surface area contributed by atoms with Gasteiger partial charge in [0.1, 0.15) is 17.3 Å². The molecular formula is C17H26F2N4O. The third-order valence-electron chi connectivity index (χ3n) is 4.24. The van der Waals surface area contributed by atoms with Crippen LogP contribution in [-0.2, 0) is 4.74 Å². The summed E-state index contributed by atoms with van der Waals surface area (Å²) in [4.78, 5) is 5.92. The van der Waals surface area contributed by atoms with E-state index in [4.69, 9.17) is 4.74 Å². The average Bonchev–Trinajstić information content (AvgIpc) is 2.99. The first-order valence-corrected chi connectivity index (χ1v) is 8.07. The van der Waals surface area contributed by atoms with E-state index in [0.717, 1.165) is 6.42 Å². The highest BCUT2D eigenvalue weighted by atomic mass is 19.1. The van der Waals surface area contributed by atoms with E-state index in [0.29, 0.717) is 25.6 Å². The summed E-state index contributed by atoms with van der Waals surface area (Å²) in [5, 5.41) is 6.51. The van der Waals surface area contributed by atoms with Gasteiger partial charge < -0.3 is 20.3 Å². The number of rotatable bonds is 5. The lowest BCUT2D eigenvalue weighted by atomic mass is 10.1. The molecule has 0 spiro atoms. The average molecular weight is 340 g/mol. The summed E-state index contributed by atoms with van der Waals surface area (Å²) in [6.07, 6.45) is 0.780. The summed E-state index contributed by atoms with van der Waals surface area (Å²) in [5.74, 6) is -0.402. The molecule has 0 bridgehead atoms. The van der Waals surface area contributed by atoms with E-state index in [9.17, 15) is 8.78 Å². The van der Waals surface area contributed by atoms with Gasteiger partial charge in [-0.1, -0.05) is 6.07 Å². The van der Waals surface area contributed by atoms with Crippen LogP contribution in [0.5, 0.6) is 0 Å². The molecule has 2 N–H and O–H groups in total. The molecule has 24 heavy (non-hydrogen) atoms. The molecule has 1 saturated heterocycles. The number of nitrogens with one attached hydrogen (secondary N) is 2. The van der Waals surface area contributed by atoms with Crippen molar-refractivity contribution in [3.63, 3.8) is 0 Å². The van der Waals surface area contributed by atoms with E-state index in [1.54, 1.807) is 19.1 Å². The lowest BCUT2D eigenvalue weighted by Gasteiger charge is -2.26. The zero-order chi connectivity index (χ0) is 17.7. The lowest BCUT2D eigenvalue weighted by Crippen LogP contribution is -2.49.